The van der Waals surface area contributed by atoms with Gasteiger partial charge in [-0.1, -0.05) is 120 Å². The van der Waals surface area contributed by atoms with E-state index in [9.17, 15) is 5.11 Å². The van der Waals surface area contributed by atoms with Crippen LogP contribution in [0.2, 0.25) is 0 Å². The van der Waals surface area contributed by atoms with E-state index in [-0.39, 0.29) is 0 Å². The lowest BCUT2D eigenvalue weighted by molar-refractivity contribution is 0.478. The van der Waals surface area contributed by atoms with Crippen molar-refractivity contribution in [2.24, 2.45) is 0 Å². The lowest BCUT2D eigenvalue weighted by Crippen LogP contribution is -2.04. The highest BCUT2D eigenvalue weighted by Gasteiger charge is 2.24. The molecule has 0 saturated heterocycles. The monoisotopic (exact) mass is 472 g/mol. The minimum Gasteiger partial charge on any atom is -0.507 e. The van der Waals surface area contributed by atoms with E-state index in [0.717, 1.165) is 21.9 Å². The van der Waals surface area contributed by atoms with Gasteiger partial charge in [0.05, 0.1) is 0 Å². The van der Waals surface area contributed by atoms with E-state index in [2.05, 4.69) is 114 Å². The summed E-state index contributed by atoms with van der Waals surface area (Å²) >= 11 is 0. The molecule has 0 aliphatic heterocycles. The van der Waals surface area contributed by atoms with Crippen LogP contribution in [0.15, 0.2) is 84.9 Å². The van der Waals surface area contributed by atoms with Gasteiger partial charge in [-0.3, -0.25) is 0 Å². The number of benzene rings is 5. The number of rotatable bonds is 5. The average molecular weight is 473 g/mol. The SMILES string of the molecule is CC(C)c1cc(C(C)C)c(-c2ccc3ccccc3c2-c2c(O)ccc3ccccc23)c(C(C)C)c1. The summed E-state index contributed by atoms with van der Waals surface area (Å²) in [5, 5.41) is 15.9. The summed E-state index contributed by atoms with van der Waals surface area (Å²) in [6.07, 6.45) is 0. The van der Waals surface area contributed by atoms with Crippen molar-refractivity contribution in [1.82, 2.24) is 0 Å². The third-order valence-electron chi connectivity index (χ3n) is 7.49. The van der Waals surface area contributed by atoms with Crippen molar-refractivity contribution in [3.63, 3.8) is 0 Å². The molecule has 5 aromatic carbocycles. The molecule has 0 bridgehead atoms. The first-order valence-electron chi connectivity index (χ1n) is 13.2. The maximum atomic E-state index is 11.4. The molecular weight excluding hydrogens is 436 g/mol. The normalized spacial score (nSPS) is 11.9. The molecule has 0 heterocycles. The zero-order valence-electron chi connectivity index (χ0n) is 22.3. The summed E-state index contributed by atoms with van der Waals surface area (Å²) in [5.74, 6) is 1.53. The Hall–Kier alpha value is -3.58. The fourth-order valence-corrected chi connectivity index (χ4v) is 5.54. The van der Waals surface area contributed by atoms with Gasteiger partial charge in [0.15, 0.2) is 0 Å². The molecule has 1 nitrogen and oxygen atoms in total. The van der Waals surface area contributed by atoms with Crippen LogP contribution in [-0.4, -0.2) is 5.11 Å². The van der Waals surface area contributed by atoms with Crippen LogP contribution in [0, 0.1) is 0 Å². The van der Waals surface area contributed by atoms with E-state index in [0.29, 0.717) is 23.5 Å². The number of phenols is 1. The molecule has 5 rings (SSSR count). The number of hydrogen-bond acceptors (Lipinski definition) is 1. The molecule has 5 aromatic rings. The first-order valence-corrected chi connectivity index (χ1v) is 13.2. The molecule has 0 spiro atoms. The first-order chi connectivity index (χ1) is 17.3. The molecule has 0 saturated carbocycles. The molecule has 0 amide bonds. The maximum Gasteiger partial charge on any atom is 0.124 e. The summed E-state index contributed by atoms with van der Waals surface area (Å²) in [7, 11) is 0. The Bertz CT molecular complexity index is 1540. The van der Waals surface area contributed by atoms with Gasteiger partial charge < -0.3 is 5.11 Å². The minimum atomic E-state index is 0.322. The Morgan fingerprint density at radius 3 is 1.53 bits per heavy atom. The third kappa shape index (κ3) is 4.07. The average Bonchev–Trinajstić information content (AvgIpc) is 2.87. The zero-order chi connectivity index (χ0) is 25.6. The van der Waals surface area contributed by atoms with Gasteiger partial charge in [0.2, 0.25) is 0 Å². The highest BCUT2D eigenvalue weighted by Crippen LogP contribution is 2.48. The predicted molar refractivity (Wildman–Crippen MR) is 156 cm³/mol. The van der Waals surface area contributed by atoms with Gasteiger partial charge in [-0.2, -0.15) is 0 Å². The highest BCUT2D eigenvalue weighted by atomic mass is 16.3. The van der Waals surface area contributed by atoms with Crippen LogP contribution in [-0.2, 0) is 0 Å². The van der Waals surface area contributed by atoms with Crippen molar-refractivity contribution in [1.29, 1.82) is 0 Å². The van der Waals surface area contributed by atoms with Gasteiger partial charge in [-0.25, -0.2) is 0 Å². The molecule has 0 aromatic heterocycles. The lowest BCUT2D eigenvalue weighted by atomic mass is 9.78. The van der Waals surface area contributed by atoms with Crippen LogP contribution in [0.4, 0.5) is 0 Å². The smallest absolute Gasteiger partial charge is 0.124 e. The van der Waals surface area contributed by atoms with Crippen molar-refractivity contribution in [2.45, 2.75) is 59.3 Å². The van der Waals surface area contributed by atoms with Gasteiger partial charge in [0.1, 0.15) is 5.75 Å². The summed E-state index contributed by atoms with van der Waals surface area (Å²) in [6, 6.07) is 30.1. The number of fused-ring (bicyclic) bond motifs is 2. The van der Waals surface area contributed by atoms with Gasteiger partial charge in [-0.15, -0.1) is 0 Å². The van der Waals surface area contributed by atoms with E-state index in [1.54, 1.807) is 0 Å². The maximum absolute atomic E-state index is 11.4. The molecule has 0 unspecified atom stereocenters. The molecule has 1 N–H and O–H groups in total. The van der Waals surface area contributed by atoms with E-state index in [4.69, 9.17) is 0 Å². The Morgan fingerprint density at radius 1 is 0.500 bits per heavy atom. The Labute approximate surface area is 215 Å². The summed E-state index contributed by atoms with van der Waals surface area (Å²) in [4.78, 5) is 0. The molecule has 0 atom stereocenters. The quantitative estimate of drug-likeness (QED) is 0.270. The van der Waals surface area contributed by atoms with Crippen molar-refractivity contribution in [2.75, 3.05) is 0 Å². The van der Waals surface area contributed by atoms with Crippen molar-refractivity contribution in [3.8, 4) is 28.0 Å². The van der Waals surface area contributed by atoms with Crippen LogP contribution in [0.1, 0.15) is 76.0 Å². The van der Waals surface area contributed by atoms with Gasteiger partial charge in [0.25, 0.3) is 0 Å². The molecule has 182 valence electrons. The summed E-state index contributed by atoms with van der Waals surface area (Å²) < 4.78 is 0. The van der Waals surface area contributed by atoms with E-state index >= 15 is 0 Å². The Kier molecular flexibility index (Phi) is 6.35. The molecule has 0 aliphatic carbocycles. The van der Waals surface area contributed by atoms with Crippen LogP contribution in [0.3, 0.4) is 0 Å². The van der Waals surface area contributed by atoms with Crippen LogP contribution in [0.5, 0.6) is 5.75 Å². The van der Waals surface area contributed by atoms with E-state index < -0.39 is 0 Å². The molecule has 0 aliphatic rings. The largest absolute Gasteiger partial charge is 0.507 e. The van der Waals surface area contributed by atoms with Gasteiger partial charge >= 0.3 is 0 Å². The summed E-state index contributed by atoms with van der Waals surface area (Å²) in [5.41, 5.74) is 8.69. The molecule has 36 heavy (non-hydrogen) atoms. The lowest BCUT2D eigenvalue weighted by Gasteiger charge is -2.26. The van der Waals surface area contributed by atoms with E-state index in [1.165, 1.54) is 38.6 Å². The second-order valence-electron chi connectivity index (χ2n) is 10.9. The number of phenolic OH excluding ortho intramolecular Hbond substituents is 1. The van der Waals surface area contributed by atoms with Gasteiger partial charge in [0, 0.05) is 11.1 Å². The summed E-state index contributed by atoms with van der Waals surface area (Å²) in [6.45, 7) is 13.7. The number of hydrogen-bond donors (Lipinski definition) is 1. The fourth-order valence-electron chi connectivity index (χ4n) is 5.54. The molecule has 0 radical (unpaired) electrons. The minimum absolute atomic E-state index is 0.322. The van der Waals surface area contributed by atoms with Gasteiger partial charge in [-0.05, 0) is 73.2 Å². The van der Waals surface area contributed by atoms with Crippen LogP contribution < -0.4 is 0 Å². The molecule has 0 fully saturated rings. The van der Waals surface area contributed by atoms with Crippen molar-refractivity contribution < 1.29 is 5.11 Å². The zero-order valence-corrected chi connectivity index (χ0v) is 22.3. The van der Waals surface area contributed by atoms with Crippen LogP contribution in [0.25, 0.3) is 43.8 Å². The van der Waals surface area contributed by atoms with Crippen molar-refractivity contribution in [3.05, 3.63) is 102 Å². The predicted octanol–water partition coefficient (Wildman–Crippen LogP) is 10.4. The Morgan fingerprint density at radius 2 is 1.00 bits per heavy atom. The topological polar surface area (TPSA) is 20.2 Å². The number of aromatic hydroxyl groups is 1. The molecule has 1 heteroatoms. The second-order valence-corrected chi connectivity index (χ2v) is 10.9. The van der Waals surface area contributed by atoms with Crippen molar-refractivity contribution >= 4 is 21.5 Å². The Balaban J connectivity index is 1.99. The fraction of sp³-hybridized carbons (Fsp3) is 0.257. The standard InChI is InChI=1S/C35H36O/c1-21(2)26-19-30(22(3)4)33(31(20-26)23(5)6)29-17-15-24-11-7-9-13-27(24)34(29)35-28-14-10-8-12-25(28)16-18-32(35)36/h7-23,36H,1-6H3. The highest BCUT2D eigenvalue weighted by molar-refractivity contribution is 6.12. The second kappa shape index (κ2) is 9.47. The molecular formula is C35H36O. The first kappa shape index (κ1) is 24.1. The van der Waals surface area contributed by atoms with Crippen LogP contribution >= 0.6 is 0 Å². The van der Waals surface area contributed by atoms with E-state index in [1.807, 2.05) is 12.1 Å². The third-order valence-corrected chi connectivity index (χ3v) is 7.49.